The van der Waals surface area contributed by atoms with Gasteiger partial charge in [-0.25, -0.2) is 10.2 Å². The first-order valence-corrected chi connectivity index (χ1v) is 22.1. The van der Waals surface area contributed by atoms with Crippen LogP contribution in [-0.4, -0.2) is 147 Å². The van der Waals surface area contributed by atoms with Crippen LogP contribution in [0.5, 0.6) is 0 Å². The Bertz CT molecular complexity index is 1920. The molecule has 2 N–H and O–H groups in total. The van der Waals surface area contributed by atoms with Gasteiger partial charge in [0.2, 0.25) is 0 Å². The molecule has 16 nitrogen and oxygen atoms in total. The molecule has 0 aliphatic carbocycles. The van der Waals surface area contributed by atoms with Gasteiger partial charge in [0, 0.05) is 36.9 Å². The van der Waals surface area contributed by atoms with Gasteiger partial charge in [-0.05, 0) is 24.5 Å². The van der Waals surface area contributed by atoms with Crippen LogP contribution < -0.4 is 69.8 Å². The number of benzene rings is 3. The average Bonchev–Trinajstić information content (AvgIpc) is 4.20. The topological polar surface area (TPSA) is 148 Å². The van der Waals surface area contributed by atoms with Crippen LogP contribution in [0.4, 0.5) is 0 Å². The second-order valence-electron chi connectivity index (χ2n) is 15.0. The van der Waals surface area contributed by atoms with Crippen LogP contribution in [0.25, 0.3) is 0 Å². The number of H-pyrrole nitrogens is 2. The third-order valence-corrected chi connectivity index (χ3v) is 11.1. The summed E-state index contributed by atoms with van der Waals surface area (Å²) in [7, 11) is 0. The minimum atomic E-state index is -1.76. The molecule has 338 valence electrons. The number of hydrogen-bond donors (Lipinski definition) is 0. The Kier molecular flexibility index (Phi) is 23.3. The fourth-order valence-corrected chi connectivity index (χ4v) is 8.21. The number of nitrogens with one attached hydrogen (secondary N) is 2. The molecule has 2 fully saturated rings. The molecule has 7 aromatic rings. The number of nitrogens with zero attached hydrogens (tertiary/aromatic N) is 6. The molecule has 0 saturated carbocycles. The molecule has 20 heteroatoms. The molecule has 0 atom stereocenters. The molecule has 0 spiro atoms. The summed E-state index contributed by atoms with van der Waals surface area (Å²) in [6.45, 7) is 10.3. The molecule has 66 heavy (non-hydrogen) atoms. The van der Waals surface area contributed by atoms with E-state index in [1.165, 1.54) is 0 Å². The van der Waals surface area contributed by atoms with Crippen molar-refractivity contribution < 1.29 is 85.8 Å². The van der Waals surface area contributed by atoms with E-state index in [2.05, 4.69) is 111 Å². The molecule has 6 heterocycles. The number of hydrogen-bond acceptors (Lipinski definition) is 10. The van der Waals surface area contributed by atoms with Crippen LogP contribution in [0.2, 0.25) is 0 Å². The number of aromatic amines is 2. The zero-order valence-corrected chi connectivity index (χ0v) is 38.4. The van der Waals surface area contributed by atoms with Crippen LogP contribution in [0.15, 0.2) is 159 Å². The first kappa shape index (κ1) is 52.5. The maximum absolute atomic E-state index is 5.22. The summed E-state index contributed by atoms with van der Waals surface area (Å²) in [5.74, 6) is 0. The SMILES string of the molecule is C1COCCOCCOCCO1.C1COCCOCCOCCO1.[Li+].[Li+].c1ccc([B-](c2ccc([B-](c3ccccc3)(n3ccc[nH+]3)n3ccc[nH+]3)cc2)(n2cccn2)n2cccn2)cc1. The average molecular weight is 889 g/mol. The minimum Gasteiger partial charge on any atom is -0.413 e. The van der Waals surface area contributed by atoms with Crippen molar-refractivity contribution >= 4 is 34.7 Å². The minimum absolute atomic E-state index is 0. The molecule has 3 aromatic carbocycles. The third kappa shape index (κ3) is 13.8. The Morgan fingerprint density at radius 2 is 0.621 bits per heavy atom. The van der Waals surface area contributed by atoms with E-state index in [4.69, 9.17) is 48.1 Å². The van der Waals surface area contributed by atoms with Crippen LogP contribution >= 0.6 is 0 Å². The summed E-state index contributed by atoms with van der Waals surface area (Å²) < 4.78 is 50.1. The standard InChI is InChI=1S/C30H26B2N8.2C8H16O4.2Li/c1-3-11-27(12-4-1)31(37-23-7-19-33-37,38-24-8-20-34-38)29-15-17-30(18-16-29)32(39-25-9-21-35-39,40-26-10-22-36-40)28-13-5-2-6-14-28;2*1-2-10-5-6-12-8-7-11-4-3-9-1;;/h1-26H;2*1-8H2;;/q-2;;;2*+1/p+2. The smallest absolute Gasteiger partial charge is 0.413 e. The molecular formula is C46H60B2Li2N8O8+2. The summed E-state index contributed by atoms with van der Waals surface area (Å²) in [6, 6.07) is 38.0. The number of ether oxygens (including phenoxy) is 8. The van der Waals surface area contributed by atoms with Crippen LogP contribution in [-0.2, 0) is 37.9 Å². The quantitative estimate of drug-likeness (QED) is 0.136. The van der Waals surface area contributed by atoms with E-state index in [0.717, 1.165) is 21.9 Å². The third-order valence-electron chi connectivity index (χ3n) is 11.1. The van der Waals surface area contributed by atoms with Crippen molar-refractivity contribution in [2.45, 2.75) is 0 Å². The monoisotopic (exact) mass is 889 g/mol. The molecule has 4 aromatic heterocycles. The summed E-state index contributed by atoms with van der Waals surface area (Å²) in [5.41, 5.74) is 4.50. The molecular weight excluding hydrogens is 828 g/mol. The van der Waals surface area contributed by atoms with E-state index < -0.39 is 12.8 Å². The first-order valence-electron chi connectivity index (χ1n) is 22.1. The Morgan fingerprint density at radius 3 is 0.894 bits per heavy atom. The van der Waals surface area contributed by atoms with Crippen LogP contribution in [0.3, 0.4) is 0 Å². The zero-order valence-electron chi connectivity index (χ0n) is 38.4. The molecule has 0 unspecified atom stereocenters. The Labute approximate surface area is 411 Å². The predicted octanol–water partition coefficient (Wildman–Crippen LogP) is -5.24. The maximum Gasteiger partial charge on any atom is 1.00 e. The summed E-state index contributed by atoms with van der Waals surface area (Å²) in [6.07, 6.45) is 12.3. The van der Waals surface area contributed by atoms with Crippen molar-refractivity contribution in [3.63, 3.8) is 0 Å². The first-order chi connectivity index (χ1) is 31.8. The van der Waals surface area contributed by atoms with E-state index in [1.54, 1.807) is 0 Å². The van der Waals surface area contributed by atoms with E-state index in [9.17, 15) is 0 Å². The van der Waals surface area contributed by atoms with Crippen LogP contribution in [0.1, 0.15) is 0 Å². The van der Waals surface area contributed by atoms with Crippen molar-refractivity contribution in [2.24, 2.45) is 0 Å². The zero-order chi connectivity index (χ0) is 43.8. The molecule has 2 aliphatic rings. The van der Waals surface area contributed by atoms with Gasteiger partial charge in [-0.15, -0.1) is 0 Å². The Balaban J connectivity index is 0.000000258. The second kappa shape index (κ2) is 29.3. The van der Waals surface area contributed by atoms with Crippen molar-refractivity contribution in [1.29, 1.82) is 0 Å². The van der Waals surface area contributed by atoms with Crippen molar-refractivity contribution in [3.05, 3.63) is 159 Å². The van der Waals surface area contributed by atoms with Gasteiger partial charge in [-0.3, -0.25) is 9.19 Å². The summed E-state index contributed by atoms with van der Waals surface area (Å²) >= 11 is 0. The molecule has 2 saturated heterocycles. The van der Waals surface area contributed by atoms with Gasteiger partial charge in [-0.1, -0.05) is 84.9 Å². The normalized spacial score (nSPS) is 16.0. The fraction of sp³-hybridized carbons (Fsp3) is 0.348. The van der Waals surface area contributed by atoms with E-state index >= 15 is 0 Å². The summed E-state index contributed by atoms with van der Waals surface area (Å²) in [4.78, 5) is 0. The largest absolute Gasteiger partial charge is 1.00 e. The molecule has 2 aliphatic heterocycles. The van der Waals surface area contributed by atoms with Gasteiger partial charge in [0.1, 0.15) is 0 Å². The molecule has 0 bridgehead atoms. The van der Waals surface area contributed by atoms with Gasteiger partial charge in [0.05, 0.1) is 106 Å². The van der Waals surface area contributed by atoms with Gasteiger partial charge < -0.3 is 47.1 Å². The van der Waals surface area contributed by atoms with Crippen molar-refractivity contribution in [3.8, 4) is 0 Å². The Morgan fingerprint density at radius 1 is 0.333 bits per heavy atom. The van der Waals surface area contributed by atoms with Gasteiger partial charge in [-0.2, -0.15) is 32.0 Å². The predicted molar refractivity (Wildman–Crippen MR) is 244 cm³/mol. The van der Waals surface area contributed by atoms with E-state index in [1.807, 2.05) is 76.7 Å². The fourth-order valence-electron chi connectivity index (χ4n) is 8.21. The van der Waals surface area contributed by atoms with E-state index in [0.29, 0.717) is 106 Å². The Hall–Kier alpha value is -4.50. The number of rotatable bonds is 8. The van der Waals surface area contributed by atoms with E-state index in [-0.39, 0.29) is 37.7 Å². The van der Waals surface area contributed by atoms with Crippen LogP contribution in [0, 0.1) is 0 Å². The van der Waals surface area contributed by atoms with Gasteiger partial charge in [0.15, 0.2) is 12.4 Å². The van der Waals surface area contributed by atoms with Crippen molar-refractivity contribution in [2.75, 3.05) is 106 Å². The maximum atomic E-state index is 5.22. The molecule has 0 radical (unpaired) electrons. The number of aromatic nitrogens is 8. The van der Waals surface area contributed by atoms with Crippen molar-refractivity contribution in [1.82, 2.24) is 28.6 Å². The summed E-state index contributed by atoms with van der Waals surface area (Å²) in [5, 5.41) is 16.4. The van der Waals surface area contributed by atoms with Gasteiger partial charge >= 0.3 is 44.1 Å². The molecule has 9 rings (SSSR count). The molecule has 0 amide bonds. The second-order valence-corrected chi connectivity index (χ2v) is 15.0. The van der Waals surface area contributed by atoms with Gasteiger partial charge in [0.25, 0.3) is 6.42 Å².